The van der Waals surface area contributed by atoms with Crippen LogP contribution < -0.4 is 5.32 Å². The van der Waals surface area contributed by atoms with Crippen LogP contribution in [0.15, 0.2) is 36.8 Å². The second-order valence-corrected chi connectivity index (χ2v) is 5.47. The van der Waals surface area contributed by atoms with Gasteiger partial charge < -0.3 is 4.90 Å². The largest absolute Gasteiger partial charge is 0.324 e. The summed E-state index contributed by atoms with van der Waals surface area (Å²) in [5.41, 5.74) is 1.26. The fraction of sp³-hybridized carbons (Fsp3) is 0.375. The van der Waals surface area contributed by atoms with Gasteiger partial charge >= 0.3 is 6.03 Å². The van der Waals surface area contributed by atoms with Gasteiger partial charge in [0.2, 0.25) is 0 Å². The average molecular weight is 297 g/mol. The smallest absolute Gasteiger partial charge is 0.323 e. The molecule has 0 atom stereocenters. The van der Waals surface area contributed by atoms with Crippen LogP contribution in [0.1, 0.15) is 30.1 Å². The van der Waals surface area contributed by atoms with Crippen molar-refractivity contribution in [3.05, 3.63) is 48.2 Å². The van der Waals surface area contributed by atoms with Crippen LogP contribution >= 0.6 is 0 Å². The Morgan fingerprint density at radius 3 is 2.77 bits per heavy atom. The minimum absolute atomic E-state index is 0.0947. The van der Waals surface area contributed by atoms with Gasteiger partial charge in [-0.3, -0.25) is 10.3 Å². The standard InChI is InChI=1S/C16H19N5O/c1-12-18-8-4-15(19-12)20-16(22)21-9-5-13(6-10-21)14-3-2-7-17-11-14/h2-4,7-8,11,13H,5-6,9-10H2,1H3,(H,18,19,20,22). The summed E-state index contributed by atoms with van der Waals surface area (Å²) in [5, 5.41) is 2.83. The first-order chi connectivity index (χ1) is 10.7. The van der Waals surface area contributed by atoms with Gasteiger partial charge in [-0.1, -0.05) is 6.07 Å². The summed E-state index contributed by atoms with van der Waals surface area (Å²) in [4.78, 5) is 26.5. The Hall–Kier alpha value is -2.50. The number of aryl methyl sites for hydroxylation is 1. The fourth-order valence-electron chi connectivity index (χ4n) is 2.75. The molecule has 2 aromatic rings. The first-order valence-electron chi connectivity index (χ1n) is 7.48. The Bertz CT molecular complexity index is 638. The second-order valence-electron chi connectivity index (χ2n) is 5.47. The number of rotatable bonds is 2. The van der Waals surface area contributed by atoms with Crippen molar-refractivity contribution >= 4 is 11.8 Å². The first kappa shape index (κ1) is 14.4. The van der Waals surface area contributed by atoms with Gasteiger partial charge in [-0.25, -0.2) is 14.8 Å². The fourth-order valence-corrected chi connectivity index (χ4v) is 2.75. The van der Waals surface area contributed by atoms with E-state index in [0.29, 0.717) is 17.6 Å². The molecule has 2 amide bonds. The number of nitrogens with zero attached hydrogens (tertiary/aromatic N) is 4. The van der Waals surface area contributed by atoms with Crippen molar-refractivity contribution in [3.63, 3.8) is 0 Å². The summed E-state index contributed by atoms with van der Waals surface area (Å²) in [6.45, 7) is 3.29. The van der Waals surface area contributed by atoms with Gasteiger partial charge in [-0.05, 0) is 43.4 Å². The molecule has 114 valence electrons. The van der Waals surface area contributed by atoms with Crippen molar-refractivity contribution in [1.82, 2.24) is 19.9 Å². The molecule has 6 heteroatoms. The monoisotopic (exact) mass is 297 g/mol. The highest BCUT2D eigenvalue weighted by molar-refractivity contribution is 5.88. The number of nitrogens with one attached hydrogen (secondary N) is 1. The average Bonchev–Trinajstić information content (AvgIpc) is 2.56. The molecule has 1 saturated heterocycles. The van der Waals surface area contributed by atoms with E-state index in [1.54, 1.807) is 25.4 Å². The molecule has 2 aromatic heterocycles. The number of carbonyl (C=O) groups excluding carboxylic acids is 1. The molecule has 0 aromatic carbocycles. The van der Waals surface area contributed by atoms with Crippen LogP contribution in [0.5, 0.6) is 0 Å². The minimum Gasteiger partial charge on any atom is -0.324 e. The van der Waals surface area contributed by atoms with Crippen LogP contribution in [-0.2, 0) is 0 Å². The number of hydrogen-bond donors (Lipinski definition) is 1. The van der Waals surface area contributed by atoms with Gasteiger partial charge in [-0.2, -0.15) is 0 Å². The van der Waals surface area contributed by atoms with Gasteiger partial charge in [0.05, 0.1) is 0 Å². The number of pyridine rings is 1. The zero-order valence-corrected chi connectivity index (χ0v) is 12.6. The molecule has 3 rings (SSSR count). The maximum Gasteiger partial charge on any atom is 0.323 e. The van der Waals surface area contributed by atoms with Gasteiger partial charge in [0, 0.05) is 31.7 Å². The van der Waals surface area contributed by atoms with Crippen LogP contribution in [-0.4, -0.2) is 39.0 Å². The van der Waals surface area contributed by atoms with E-state index in [1.165, 1.54) is 5.56 Å². The third-order valence-corrected chi connectivity index (χ3v) is 3.95. The van der Waals surface area contributed by atoms with Gasteiger partial charge in [-0.15, -0.1) is 0 Å². The van der Waals surface area contributed by atoms with Gasteiger partial charge in [0.15, 0.2) is 0 Å². The van der Waals surface area contributed by atoms with Crippen LogP contribution in [0.4, 0.5) is 10.6 Å². The number of amides is 2. The molecular formula is C16H19N5O. The van der Waals surface area contributed by atoms with E-state index in [1.807, 2.05) is 17.2 Å². The molecule has 0 saturated carbocycles. The number of hydrogen-bond acceptors (Lipinski definition) is 4. The van der Waals surface area contributed by atoms with Crippen molar-refractivity contribution in [2.75, 3.05) is 18.4 Å². The highest BCUT2D eigenvalue weighted by Gasteiger charge is 2.24. The predicted molar refractivity (Wildman–Crippen MR) is 83.6 cm³/mol. The Kier molecular flexibility index (Phi) is 4.27. The molecule has 1 aliphatic heterocycles. The van der Waals surface area contributed by atoms with E-state index in [-0.39, 0.29) is 6.03 Å². The Labute approximate surface area is 129 Å². The maximum atomic E-state index is 12.3. The molecule has 0 unspecified atom stereocenters. The molecule has 1 aliphatic rings. The maximum absolute atomic E-state index is 12.3. The van der Waals surface area contributed by atoms with E-state index in [0.717, 1.165) is 25.9 Å². The summed E-state index contributed by atoms with van der Waals surface area (Å²) in [7, 11) is 0. The lowest BCUT2D eigenvalue weighted by Crippen LogP contribution is -2.40. The predicted octanol–water partition coefficient (Wildman–Crippen LogP) is 2.59. The molecule has 1 N–H and O–H groups in total. The number of aromatic nitrogens is 3. The Balaban J connectivity index is 1.56. The summed E-state index contributed by atoms with van der Waals surface area (Å²) < 4.78 is 0. The lowest BCUT2D eigenvalue weighted by Gasteiger charge is -2.32. The molecule has 0 spiro atoms. The van der Waals surface area contributed by atoms with Crippen molar-refractivity contribution in [1.29, 1.82) is 0 Å². The molecule has 22 heavy (non-hydrogen) atoms. The summed E-state index contributed by atoms with van der Waals surface area (Å²) >= 11 is 0. The molecule has 0 bridgehead atoms. The van der Waals surface area contributed by atoms with E-state index in [9.17, 15) is 4.79 Å². The van der Waals surface area contributed by atoms with Crippen LogP contribution in [0.2, 0.25) is 0 Å². The van der Waals surface area contributed by atoms with Crippen LogP contribution in [0.3, 0.4) is 0 Å². The van der Waals surface area contributed by atoms with Gasteiger partial charge in [0.25, 0.3) is 0 Å². The summed E-state index contributed by atoms with van der Waals surface area (Å²) in [6.07, 6.45) is 7.27. The Morgan fingerprint density at radius 2 is 2.09 bits per heavy atom. The highest BCUT2D eigenvalue weighted by Crippen LogP contribution is 2.27. The zero-order valence-electron chi connectivity index (χ0n) is 12.6. The SMILES string of the molecule is Cc1nccc(NC(=O)N2CCC(c3cccnc3)CC2)n1. The first-order valence-corrected chi connectivity index (χ1v) is 7.48. The van der Waals surface area contributed by atoms with Crippen LogP contribution in [0, 0.1) is 6.92 Å². The van der Waals surface area contributed by atoms with E-state index >= 15 is 0 Å². The molecule has 3 heterocycles. The number of urea groups is 1. The van der Waals surface area contributed by atoms with Crippen molar-refractivity contribution in [2.45, 2.75) is 25.7 Å². The topological polar surface area (TPSA) is 71.0 Å². The summed E-state index contributed by atoms with van der Waals surface area (Å²) in [6, 6.07) is 5.68. The van der Waals surface area contributed by atoms with E-state index in [2.05, 4.69) is 26.3 Å². The van der Waals surface area contributed by atoms with E-state index < -0.39 is 0 Å². The van der Waals surface area contributed by atoms with Crippen molar-refractivity contribution < 1.29 is 4.79 Å². The molecule has 6 nitrogen and oxygen atoms in total. The van der Waals surface area contributed by atoms with Crippen molar-refractivity contribution in [2.24, 2.45) is 0 Å². The second kappa shape index (κ2) is 6.51. The summed E-state index contributed by atoms with van der Waals surface area (Å²) in [5.74, 6) is 1.68. The lowest BCUT2D eigenvalue weighted by molar-refractivity contribution is 0.194. The third-order valence-electron chi connectivity index (χ3n) is 3.95. The van der Waals surface area contributed by atoms with Gasteiger partial charge in [0.1, 0.15) is 11.6 Å². The normalized spacial score (nSPS) is 15.6. The third kappa shape index (κ3) is 3.39. The molecule has 1 fully saturated rings. The number of likely N-dealkylation sites (tertiary alicyclic amines) is 1. The number of carbonyl (C=O) groups is 1. The lowest BCUT2D eigenvalue weighted by atomic mass is 9.91. The molecule has 0 aliphatic carbocycles. The number of anilines is 1. The number of piperidine rings is 1. The highest BCUT2D eigenvalue weighted by atomic mass is 16.2. The molecule has 0 radical (unpaired) electrons. The molecular weight excluding hydrogens is 278 g/mol. The van der Waals surface area contributed by atoms with Crippen molar-refractivity contribution in [3.8, 4) is 0 Å². The zero-order chi connectivity index (χ0) is 15.4. The minimum atomic E-state index is -0.0947. The quantitative estimate of drug-likeness (QED) is 0.925. The van der Waals surface area contributed by atoms with E-state index in [4.69, 9.17) is 0 Å². The Morgan fingerprint density at radius 1 is 1.27 bits per heavy atom. The van der Waals surface area contributed by atoms with Crippen LogP contribution in [0.25, 0.3) is 0 Å².